The average Bonchev–Trinajstić information content (AvgIpc) is 2.54. The third-order valence-electron chi connectivity index (χ3n) is 4.50. The minimum Gasteiger partial charge on any atom is -0.354 e. The van der Waals surface area contributed by atoms with E-state index in [1.54, 1.807) is 0 Å². The summed E-state index contributed by atoms with van der Waals surface area (Å²) < 4.78 is 0. The number of rotatable bonds is 4. The van der Waals surface area contributed by atoms with Crippen LogP contribution in [-0.4, -0.2) is 49.2 Å². The van der Waals surface area contributed by atoms with Crippen LogP contribution in [-0.2, 0) is 0 Å². The number of anilines is 1. The Kier molecular flexibility index (Phi) is 4.60. The van der Waals surface area contributed by atoms with E-state index in [2.05, 4.69) is 54.0 Å². The minimum absolute atomic E-state index is 0.493. The van der Waals surface area contributed by atoms with Gasteiger partial charge in [0.15, 0.2) is 0 Å². The van der Waals surface area contributed by atoms with Gasteiger partial charge in [0.05, 0.1) is 5.52 Å². The van der Waals surface area contributed by atoms with Gasteiger partial charge in [-0.3, -0.25) is 4.90 Å². The molecule has 0 spiro atoms. The van der Waals surface area contributed by atoms with E-state index >= 15 is 0 Å². The summed E-state index contributed by atoms with van der Waals surface area (Å²) in [5.41, 5.74) is 8.13. The Morgan fingerprint density at radius 3 is 2.55 bits per heavy atom. The van der Waals surface area contributed by atoms with Crippen LogP contribution in [0.25, 0.3) is 10.9 Å². The molecule has 0 aliphatic carbocycles. The summed E-state index contributed by atoms with van der Waals surface area (Å²) in [6.45, 7) is 10.4. The van der Waals surface area contributed by atoms with E-state index in [1.807, 2.05) is 0 Å². The molecule has 0 saturated carbocycles. The summed E-state index contributed by atoms with van der Waals surface area (Å²) in [5, 5.41) is 1.23. The number of fused-ring (bicyclic) bond motifs is 1. The number of hydrogen-bond acceptors (Lipinski definition) is 4. The lowest BCUT2D eigenvalue weighted by Crippen LogP contribution is -2.48. The van der Waals surface area contributed by atoms with Crippen LogP contribution in [0.1, 0.15) is 25.3 Å². The molecule has 1 aromatic heterocycles. The molecule has 3 rings (SSSR count). The van der Waals surface area contributed by atoms with Gasteiger partial charge in [-0.25, -0.2) is 4.98 Å². The topological polar surface area (TPSA) is 45.4 Å². The van der Waals surface area contributed by atoms with Gasteiger partial charge >= 0.3 is 0 Å². The monoisotopic (exact) mass is 298 g/mol. The lowest BCUT2D eigenvalue weighted by atomic mass is 10.00. The highest BCUT2D eigenvalue weighted by molar-refractivity contribution is 5.84. The molecule has 118 valence electrons. The molecule has 1 aliphatic rings. The molecule has 4 nitrogen and oxygen atoms in total. The lowest BCUT2D eigenvalue weighted by molar-refractivity contribution is 0.264. The van der Waals surface area contributed by atoms with E-state index in [-0.39, 0.29) is 0 Å². The number of piperazine rings is 1. The van der Waals surface area contributed by atoms with E-state index in [0.29, 0.717) is 5.92 Å². The highest BCUT2D eigenvalue weighted by Crippen LogP contribution is 2.26. The van der Waals surface area contributed by atoms with Crippen molar-refractivity contribution in [1.29, 1.82) is 0 Å². The normalized spacial score (nSPS) is 16.6. The van der Waals surface area contributed by atoms with Gasteiger partial charge in [0.1, 0.15) is 5.82 Å². The Hall–Kier alpha value is -1.65. The van der Waals surface area contributed by atoms with Crippen molar-refractivity contribution >= 4 is 16.7 Å². The van der Waals surface area contributed by atoms with Crippen LogP contribution < -0.4 is 10.6 Å². The maximum Gasteiger partial charge on any atom is 0.129 e. The highest BCUT2D eigenvalue weighted by Gasteiger charge is 2.18. The van der Waals surface area contributed by atoms with Gasteiger partial charge in [0.2, 0.25) is 0 Å². The van der Waals surface area contributed by atoms with Crippen molar-refractivity contribution in [3.05, 3.63) is 35.9 Å². The molecular weight excluding hydrogens is 272 g/mol. The van der Waals surface area contributed by atoms with Gasteiger partial charge in [-0.2, -0.15) is 0 Å². The van der Waals surface area contributed by atoms with Gasteiger partial charge in [0, 0.05) is 44.7 Å². The van der Waals surface area contributed by atoms with Crippen LogP contribution in [0.2, 0.25) is 0 Å². The summed E-state index contributed by atoms with van der Waals surface area (Å²) in [6, 6.07) is 10.8. The predicted octanol–water partition coefficient (Wildman–Crippen LogP) is 2.44. The standard InChI is InChI=1S/C18H26N4/c1-14(2)16-5-3-4-15-6-7-17(20-18(15)16)22-12-10-21(9-8-19)11-13-22/h3-7,14H,8-13,19H2,1-2H3. The zero-order valence-electron chi connectivity index (χ0n) is 13.6. The number of benzene rings is 1. The van der Waals surface area contributed by atoms with Crippen molar-refractivity contribution in [2.45, 2.75) is 19.8 Å². The number of hydrogen-bond donors (Lipinski definition) is 1. The fourth-order valence-electron chi connectivity index (χ4n) is 3.18. The predicted molar refractivity (Wildman–Crippen MR) is 93.5 cm³/mol. The van der Waals surface area contributed by atoms with E-state index in [4.69, 9.17) is 10.7 Å². The maximum atomic E-state index is 5.64. The van der Waals surface area contributed by atoms with Crippen molar-refractivity contribution in [3.63, 3.8) is 0 Å². The van der Waals surface area contributed by atoms with Gasteiger partial charge in [-0.15, -0.1) is 0 Å². The van der Waals surface area contributed by atoms with Crippen LogP contribution in [0.5, 0.6) is 0 Å². The quantitative estimate of drug-likeness (QED) is 0.941. The first-order chi connectivity index (χ1) is 10.7. The highest BCUT2D eigenvalue weighted by atomic mass is 15.3. The van der Waals surface area contributed by atoms with Crippen molar-refractivity contribution in [2.24, 2.45) is 5.73 Å². The van der Waals surface area contributed by atoms with E-state index in [9.17, 15) is 0 Å². The van der Waals surface area contributed by atoms with Crippen LogP contribution in [0, 0.1) is 0 Å². The Labute approximate surface area is 132 Å². The smallest absolute Gasteiger partial charge is 0.129 e. The molecule has 2 aromatic rings. The number of pyridine rings is 1. The van der Waals surface area contributed by atoms with Gasteiger partial charge in [-0.1, -0.05) is 32.0 Å². The van der Waals surface area contributed by atoms with E-state index in [0.717, 1.165) is 50.6 Å². The van der Waals surface area contributed by atoms with Crippen LogP contribution >= 0.6 is 0 Å². The molecule has 4 heteroatoms. The first-order valence-corrected chi connectivity index (χ1v) is 8.26. The third-order valence-corrected chi connectivity index (χ3v) is 4.50. The number of nitrogens with zero attached hydrogens (tertiary/aromatic N) is 3. The SMILES string of the molecule is CC(C)c1cccc2ccc(N3CCN(CCN)CC3)nc12. The van der Waals surface area contributed by atoms with Gasteiger partial charge in [-0.05, 0) is 23.6 Å². The Balaban J connectivity index is 1.85. The fourth-order valence-corrected chi connectivity index (χ4v) is 3.18. The van der Waals surface area contributed by atoms with Crippen molar-refractivity contribution < 1.29 is 0 Å². The van der Waals surface area contributed by atoms with Gasteiger partial charge < -0.3 is 10.6 Å². The Morgan fingerprint density at radius 1 is 1.09 bits per heavy atom. The molecule has 1 aromatic carbocycles. The van der Waals surface area contributed by atoms with Crippen molar-refractivity contribution in [2.75, 3.05) is 44.2 Å². The molecule has 1 saturated heterocycles. The average molecular weight is 298 g/mol. The molecule has 0 bridgehead atoms. The molecule has 2 N–H and O–H groups in total. The second-order valence-electron chi connectivity index (χ2n) is 6.36. The number of aromatic nitrogens is 1. The Bertz CT molecular complexity index is 630. The first kappa shape index (κ1) is 15.3. The minimum atomic E-state index is 0.493. The third kappa shape index (κ3) is 3.08. The van der Waals surface area contributed by atoms with Crippen LogP contribution in [0.3, 0.4) is 0 Å². The fraction of sp³-hybridized carbons (Fsp3) is 0.500. The van der Waals surface area contributed by atoms with Crippen LogP contribution in [0.4, 0.5) is 5.82 Å². The van der Waals surface area contributed by atoms with Crippen LogP contribution in [0.15, 0.2) is 30.3 Å². The molecule has 1 fully saturated rings. The largest absolute Gasteiger partial charge is 0.354 e. The summed E-state index contributed by atoms with van der Waals surface area (Å²) in [7, 11) is 0. The molecule has 2 heterocycles. The molecular formula is C18H26N4. The second kappa shape index (κ2) is 6.63. The Morgan fingerprint density at radius 2 is 1.86 bits per heavy atom. The second-order valence-corrected chi connectivity index (χ2v) is 6.36. The summed E-state index contributed by atoms with van der Waals surface area (Å²) >= 11 is 0. The number of nitrogens with two attached hydrogens (primary N) is 1. The zero-order chi connectivity index (χ0) is 15.5. The molecule has 0 atom stereocenters. The zero-order valence-corrected chi connectivity index (χ0v) is 13.6. The summed E-state index contributed by atoms with van der Waals surface area (Å²) in [5.74, 6) is 1.60. The summed E-state index contributed by atoms with van der Waals surface area (Å²) in [4.78, 5) is 9.79. The molecule has 0 unspecified atom stereocenters. The molecule has 22 heavy (non-hydrogen) atoms. The maximum absolute atomic E-state index is 5.64. The number of para-hydroxylation sites is 1. The lowest BCUT2D eigenvalue weighted by Gasteiger charge is -2.35. The van der Waals surface area contributed by atoms with Crippen molar-refractivity contribution in [1.82, 2.24) is 9.88 Å². The van der Waals surface area contributed by atoms with Crippen molar-refractivity contribution in [3.8, 4) is 0 Å². The van der Waals surface area contributed by atoms with E-state index in [1.165, 1.54) is 10.9 Å². The van der Waals surface area contributed by atoms with E-state index < -0.39 is 0 Å². The van der Waals surface area contributed by atoms with Gasteiger partial charge in [0.25, 0.3) is 0 Å². The molecule has 0 radical (unpaired) electrons. The summed E-state index contributed by atoms with van der Waals surface area (Å²) in [6.07, 6.45) is 0. The molecule has 1 aliphatic heterocycles. The first-order valence-electron chi connectivity index (χ1n) is 8.26. The molecule has 0 amide bonds.